The number of ether oxygens (including phenoxy) is 1. The fraction of sp³-hybridized carbons (Fsp3) is 0.250. The number of nitrogens with zero attached hydrogens (tertiary/aromatic N) is 1. The maximum atomic E-state index is 13.0. The van der Waals surface area contributed by atoms with Gasteiger partial charge in [0.25, 0.3) is 0 Å². The van der Waals surface area contributed by atoms with Gasteiger partial charge in [0.2, 0.25) is 5.88 Å². The molecule has 1 aliphatic carbocycles. The number of carbonyl (C=O) groups excluding carboxylic acids is 1. The van der Waals surface area contributed by atoms with Gasteiger partial charge < -0.3 is 14.9 Å². The zero-order chi connectivity index (χ0) is 18.4. The lowest BCUT2D eigenvalue weighted by atomic mass is 9.75. The van der Waals surface area contributed by atoms with Gasteiger partial charge in [-0.3, -0.25) is 9.59 Å². The van der Waals surface area contributed by atoms with Crippen molar-refractivity contribution in [3.05, 3.63) is 69.1 Å². The number of Topliss-reactive ketones (excluding diaryl/α,β-unsaturated/α-hetero) is 1. The van der Waals surface area contributed by atoms with Crippen LogP contribution in [0.1, 0.15) is 31.2 Å². The average molecular weight is 348 g/mol. The standard InChI is InChI=1S/C20H16N2O4/c1-10-6-14(23)18-16(7-10)26-20(22)12(8-21)17(18)13-9-25-15-5-3-2-4-11(15)19(13)24/h2-5,9-10,17H,6-7,22H2,1H3/t10-,17+/m0/s1. The Hall–Kier alpha value is -3.33. The van der Waals surface area contributed by atoms with E-state index in [0.717, 1.165) is 0 Å². The van der Waals surface area contributed by atoms with Crippen molar-refractivity contribution in [1.29, 1.82) is 5.26 Å². The lowest BCUT2D eigenvalue weighted by Gasteiger charge is -2.32. The van der Waals surface area contributed by atoms with E-state index in [9.17, 15) is 14.9 Å². The molecule has 2 heterocycles. The predicted octanol–water partition coefficient (Wildman–Crippen LogP) is 2.85. The molecule has 2 N–H and O–H groups in total. The van der Waals surface area contributed by atoms with Crippen molar-refractivity contribution in [2.24, 2.45) is 11.7 Å². The molecule has 1 aliphatic heterocycles. The van der Waals surface area contributed by atoms with E-state index in [4.69, 9.17) is 14.9 Å². The minimum absolute atomic E-state index is 0.0641. The van der Waals surface area contributed by atoms with Gasteiger partial charge in [0, 0.05) is 24.0 Å². The molecule has 4 rings (SSSR count). The number of rotatable bonds is 1. The van der Waals surface area contributed by atoms with Crippen molar-refractivity contribution in [1.82, 2.24) is 0 Å². The Morgan fingerprint density at radius 2 is 2.00 bits per heavy atom. The zero-order valence-electron chi connectivity index (χ0n) is 14.1. The van der Waals surface area contributed by atoms with Crippen LogP contribution in [0.5, 0.6) is 0 Å². The van der Waals surface area contributed by atoms with Crippen molar-refractivity contribution in [2.45, 2.75) is 25.7 Å². The summed E-state index contributed by atoms with van der Waals surface area (Å²) in [6.45, 7) is 1.95. The molecule has 6 heteroatoms. The molecule has 0 bridgehead atoms. The molecule has 2 atom stereocenters. The summed E-state index contributed by atoms with van der Waals surface area (Å²) >= 11 is 0. The quantitative estimate of drug-likeness (QED) is 0.849. The number of fused-ring (bicyclic) bond motifs is 1. The van der Waals surface area contributed by atoms with E-state index in [1.807, 2.05) is 13.0 Å². The zero-order valence-corrected chi connectivity index (χ0v) is 14.1. The second kappa shape index (κ2) is 5.88. The van der Waals surface area contributed by atoms with Gasteiger partial charge in [0.15, 0.2) is 11.2 Å². The molecule has 2 aromatic rings. The fourth-order valence-electron chi connectivity index (χ4n) is 3.70. The number of hydrogen-bond acceptors (Lipinski definition) is 6. The van der Waals surface area contributed by atoms with Crippen LogP contribution in [-0.4, -0.2) is 5.78 Å². The van der Waals surface area contributed by atoms with Crippen LogP contribution in [0.4, 0.5) is 0 Å². The molecule has 130 valence electrons. The minimum Gasteiger partial charge on any atom is -0.464 e. The third kappa shape index (κ3) is 2.32. The minimum atomic E-state index is -0.857. The number of ketones is 1. The lowest BCUT2D eigenvalue weighted by molar-refractivity contribution is -0.117. The molecule has 1 aromatic heterocycles. The molecule has 26 heavy (non-hydrogen) atoms. The normalized spacial score (nSPS) is 22.8. The first-order valence-corrected chi connectivity index (χ1v) is 8.35. The van der Waals surface area contributed by atoms with Gasteiger partial charge in [-0.2, -0.15) is 5.26 Å². The number of nitriles is 1. The summed E-state index contributed by atoms with van der Waals surface area (Å²) in [7, 11) is 0. The lowest BCUT2D eigenvalue weighted by Crippen LogP contribution is -2.31. The van der Waals surface area contributed by atoms with Crippen LogP contribution in [-0.2, 0) is 9.53 Å². The number of para-hydroxylation sites is 1. The van der Waals surface area contributed by atoms with Crippen LogP contribution in [0.15, 0.2) is 62.5 Å². The Morgan fingerprint density at radius 3 is 2.77 bits per heavy atom. The first-order chi connectivity index (χ1) is 12.5. The van der Waals surface area contributed by atoms with Crippen molar-refractivity contribution in [3.8, 4) is 6.07 Å². The summed E-state index contributed by atoms with van der Waals surface area (Å²) in [5, 5.41) is 9.99. The van der Waals surface area contributed by atoms with Crippen LogP contribution in [0.3, 0.4) is 0 Å². The molecule has 6 nitrogen and oxygen atoms in total. The third-order valence-electron chi connectivity index (χ3n) is 4.88. The maximum absolute atomic E-state index is 13.0. The van der Waals surface area contributed by atoms with Gasteiger partial charge in [-0.25, -0.2) is 0 Å². The Bertz CT molecular complexity index is 1100. The van der Waals surface area contributed by atoms with Gasteiger partial charge in [-0.15, -0.1) is 0 Å². The average Bonchev–Trinajstić information content (AvgIpc) is 2.61. The van der Waals surface area contributed by atoms with Crippen LogP contribution < -0.4 is 11.2 Å². The molecule has 1 aromatic carbocycles. The summed E-state index contributed by atoms with van der Waals surface area (Å²) in [6, 6.07) is 8.86. The van der Waals surface area contributed by atoms with Crippen molar-refractivity contribution >= 4 is 16.8 Å². The number of hydrogen-bond donors (Lipinski definition) is 1. The van der Waals surface area contributed by atoms with Crippen LogP contribution in [0.2, 0.25) is 0 Å². The smallest absolute Gasteiger partial charge is 0.205 e. The van der Waals surface area contributed by atoms with Crippen molar-refractivity contribution in [2.75, 3.05) is 0 Å². The summed E-state index contributed by atoms with van der Waals surface area (Å²) < 4.78 is 11.2. The van der Waals surface area contributed by atoms with E-state index in [1.54, 1.807) is 24.3 Å². The number of benzene rings is 1. The first-order valence-electron chi connectivity index (χ1n) is 8.35. The van der Waals surface area contributed by atoms with Crippen LogP contribution in [0, 0.1) is 17.2 Å². The molecule has 0 saturated carbocycles. The molecule has 0 fully saturated rings. The molecule has 0 amide bonds. The van der Waals surface area contributed by atoms with Crippen LogP contribution in [0.25, 0.3) is 11.0 Å². The molecule has 0 unspecified atom stereocenters. The molecular formula is C20H16N2O4. The highest BCUT2D eigenvalue weighted by Crippen LogP contribution is 2.43. The third-order valence-corrected chi connectivity index (χ3v) is 4.88. The van der Waals surface area contributed by atoms with Gasteiger partial charge in [-0.05, 0) is 18.1 Å². The summed E-state index contributed by atoms with van der Waals surface area (Å²) in [5.41, 5.74) is 6.73. The monoisotopic (exact) mass is 348 g/mol. The SMILES string of the molecule is C[C@H]1CC(=O)C2=C(C1)OC(N)=C(C#N)[C@@H]2c1coc2ccccc2c1=O. The number of carbonyl (C=O) groups is 1. The predicted molar refractivity (Wildman–Crippen MR) is 93.6 cm³/mol. The fourth-order valence-corrected chi connectivity index (χ4v) is 3.70. The second-order valence-electron chi connectivity index (χ2n) is 6.71. The molecular weight excluding hydrogens is 332 g/mol. The Morgan fingerprint density at radius 1 is 1.23 bits per heavy atom. The topological polar surface area (TPSA) is 106 Å². The van der Waals surface area contributed by atoms with E-state index in [2.05, 4.69) is 0 Å². The molecule has 2 aliphatic rings. The van der Waals surface area contributed by atoms with Crippen molar-refractivity contribution in [3.63, 3.8) is 0 Å². The molecule has 0 saturated heterocycles. The Labute approximate surface area is 149 Å². The van der Waals surface area contributed by atoms with Gasteiger partial charge in [0.05, 0.1) is 17.6 Å². The number of nitrogens with two attached hydrogens (primary N) is 1. The second-order valence-corrected chi connectivity index (χ2v) is 6.71. The Kier molecular flexibility index (Phi) is 3.66. The van der Waals surface area contributed by atoms with Gasteiger partial charge in [-0.1, -0.05) is 19.1 Å². The summed E-state index contributed by atoms with van der Waals surface area (Å²) in [6.07, 6.45) is 2.20. The molecule has 0 radical (unpaired) electrons. The van der Waals surface area contributed by atoms with E-state index in [0.29, 0.717) is 35.1 Å². The highest BCUT2D eigenvalue weighted by molar-refractivity contribution is 5.99. The highest BCUT2D eigenvalue weighted by atomic mass is 16.5. The summed E-state index contributed by atoms with van der Waals surface area (Å²) in [5.74, 6) is -0.485. The van der Waals surface area contributed by atoms with Crippen molar-refractivity contribution < 1.29 is 13.9 Å². The first kappa shape index (κ1) is 16.2. The van der Waals surface area contributed by atoms with Gasteiger partial charge >= 0.3 is 0 Å². The van der Waals surface area contributed by atoms with Crippen LogP contribution >= 0.6 is 0 Å². The van der Waals surface area contributed by atoms with Gasteiger partial charge in [0.1, 0.15) is 23.0 Å². The molecule has 0 spiro atoms. The van der Waals surface area contributed by atoms with E-state index in [-0.39, 0.29) is 34.1 Å². The Balaban J connectivity index is 1.99. The largest absolute Gasteiger partial charge is 0.464 e. The van der Waals surface area contributed by atoms with E-state index < -0.39 is 5.92 Å². The highest BCUT2D eigenvalue weighted by Gasteiger charge is 2.41. The summed E-state index contributed by atoms with van der Waals surface area (Å²) in [4.78, 5) is 25.8. The number of allylic oxidation sites excluding steroid dienone is 3. The maximum Gasteiger partial charge on any atom is 0.205 e. The van der Waals surface area contributed by atoms with E-state index >= 15 is 0 Å². The van der Waals surface area contributed by atoms with E-state index in [1.165, 1.54) is 6.26 Å².